The van der Waals surface area contributed by atoms with E-state index < -0.39 is 0 Å². The van der Waals surface area contributed by atoms with Gasteiger partial charge in [-0.3, -0.25) is 4.79 Å². The van der Waals surface area contributed by atoms with Crippen LogP contribution >= 0.6 is 15.9 Å². The fourth-order valence-corrected chi connectivity index (χ4v) is 2.65. The first-order valence-corrected chi connectivity index (χ1v) is 7.62. The van der Waals surface area contributed by atoms with Gasteiger partial charge in [0.25, 0.3) is 0 Å². The highest BCUT2D eigenvalue weighted by atomic mass is 79.9. The minimum Gasteiger partial charge on any atom is -0.325 e. The summed E-state index contributed by atoms with van der Waals surface area (Å²) < 4.78 is 14.5. The van der Waals surface area contributed by atoms with E-state index in [1.165, 1.54) is 6.07 Å². The Hall–Kier alpha value is -1.68. The molecule has 21 heavy (non-hydrogen) atoms. The summed E-state index contributed by atoms with van der Waals surface area (Å²) in [6.07, 6.45) is 0.852. The predicted molar refractivity (Wildman–Crippen MR) is 87.0 cm³/mol. The van der Waals surface area contributed by atoms with Crippen molar-refractivity contribution >= 4 is 27.5 Å². The van der Waals surface area contributed by atoms with E-state index in [2.05, 4.69) is 21.2 Å². The number of anilines is 1. The SMILES string of the molecule is CCc1cccc(C)c1NC(=O)Cc1cc(Br)ccc1F. The van der Waals surface area contributed by atoms with Crippen molar-refractivity contribution in [1.29, 1.82) is 0 Å². The maximum atomic E-state index is 13.7. The maximum Gasteiger partial charge on any atom is 0.228 e. The monoisotopic (exact) mass is 349 g/mol. The van der Waals surface area contributed by atoms with E-state index in [4.69, 9.17) is 0 Å². The number of carbonyl (C=O) groups is 1. The second-order valence-electron chi connectivity index (χ2n) is 4.92. The van der Waals surface area contributed by atoms with Crippen LogP contribution in [0, 0.1) is 12.7 Å². The molecule has 2 aromatic rings. The molecular formula is C17H17BrFNO. The van der Waals surface area contributed by atoms with Gasteiger partial charge in [0.2, 0.25) is 5.91 Å². The molecule has 0 aliphatic heterocycles. The molecule has 0 aliphatic rings. The molecule has 0 heterocycles. The molecule has 110 valence electrons. The Bertz CT molecular complexity index is 670. The summed E-state index contributed by atoms with van der Waals surface area (Å²) in [4.78, 5) is 12.2. The summed E-state index contributed by atoms with van der Waals surface area (Å²) in [5.41, 5.74) is 3.31. The third-order valence-corrected chi connectivity index (χ3v) is 3.86. The van der Waals surface area contributed by atoms with E-state index in [0.717, 1.165) is 27.7 Å². The third kappa shape index (κ3) is 3.91. The normalized spacial score (nSPS) is 10.5. The molecule has 0 bridgehead atoms. The molecule has 4 heteroatoms. The third-order valence-electron chi connectivity index (χ3n) is 3.36. The molecule has 2 nitrogen and oxygen atoms in total. The van der Waals surface area contributed by atoms with Crippen LogP contribution in [0.2, 0.25) is 0 Å². The Morgan fingerprint density at radius 1 is 1.24 bits per heavy atom. The van der Waals surface area contributed by atoms with Gasteiger partial charge >= 0.3 is 0 Å². The minimum atomic E-state index is -0.367. The lowest BCUT2D eigenvalue weighted by molar-refractivity contribution is -0.115. The van der Waals surface area contributed by atoms with Crippen LogP contribution in [0.15, 0.2) is 40.9 Å². The van der Waals surface area contributed by atoms with Crippen LogP contribution in [0.3, 0.4) is 0 Å². The number of halogens is 2. The molecule has 0 spiro atoms. The molecule has 2 aromatic carbocycles. The minimum absolute atomic E-state index is 0.0166. The standard InChI is InChI=1S/C17H17BrFNO/c1-3-12-6-4-5-11(2)17(12)20-16(21)10-13-9-14(18)7-8-15(13)19/h4-9H,3,10H2,1-2H3,(H,20,21). The zero-order chi connectivity index (χ0) is 15.4. The molecule has 0 aromatic heterocycles. The molecular weight excluding hydrogens is 333 g/mol. The molecule has 0 radical (unpaired) electrons. The average molecular weight is 350 g/mol. The lowest BCUT2D eigenvalue weighted by Crippen LogP contribution is -2.17. The lowest BCUT2D eigenvalue weighted by Gasteiger charge is -2.13. The van der Waals surface area contributed by atoms with Gasteiger partial charge < -0.3 is 5.32 Å². The molecule has 0 aliphatic carbocycles. The van der Waals surface area contributed by atoms with Crippen LogP contribution in [0.25, 0.3) is 0 Å². The first-order chi connectivity index (χ1) is 10.0. The van der Waals surface area contributed by atoms with Crippen molar-refractivity contribution in [3.63, 3.8) is 0 Å². The van der Waals surface area contributed by atoms with Crippen LogP contribution in [0.1, 0.15) is 23.6 Å². The number of para-hydroxylation sites is 1. The van der Waals surface area contributed by atoms with Crippen molar-refractivity contribution < 1.29 is 9.18 Å². The molecule has 2 rings (SSSR count). The van der Waals surface area contributed by atoms with Crippen molar-refractivity contribution in [1.82, 2.24) is 0 Å². The summed E-state index contributed by atoms with van der Waals surface area (Å²) in [5, 5.41) is 2.90. The van der Waals surface area contributed by atoms with Gasteiger partial charge in [-0.25, -0.2) is 4.39 Å². The molecule has 0 saturated heterocycles. The summed E-state index contributed by atoms with van der Waals surface area (Å²) in [5.74, 6) is -0.579. The second-order valence-corrected chi connectivity index (χ2v) is 5.84. The van der Waals surface area contributed by atoms with E-state index >= 15 is 0 Å². The van der Waals surface area contributed by atoms with Crippen LogP contribution in [-0.2, 0) is 17.6 Å². The summed E-state index contributed by atoms with van der Waals surface area (Å²) in [7, 11) is 0. The van der Waals surface area contributed by atoms with Crippen molar-refractivity contribution in [2.75, 3.05) is 5.32 Å². The van der Waals surface area contributed by atoms with E-state index in [-0.39, 0.29) is 18.1 Å². The molecule has 0 saturated carbocycles. The topological polar surface area (TPSA) is 29.1 Å². The van der Waals surface area contributed by atoms with Crippen LogP contribution in [0.4, 0.5) is 10.1 Å². The number of carbonyl (C=O) groups excluding carboxylic acids is 1. The molecule has 0 unspecified atom stereocenters. The van der Waals surface area contributed by atoms with Gasteiger partial charge in [0.05, 0.1) is 6.42 Å². The lowest BCUT2D eigenvalue weighted by atomic mass is 10.1. The second kappa shape index (κ2) is 6.85. The van der Waals surface area contributed by atoms with E-state index in [1.807, 2.05) is 32.0 Å². The first-order valence-electron chi connectivity index (χ1n) is 6.83. The van der Waals surface area contributed by atoms with Crippen LogP contribution < -0.4 is 5.32 Å². The number of aryl methyl sites for hydroxylation is 2. The zero-order valence-electron chi connectivity index (χ0n) is 12.0. The summed E-state index contributed by atoms with van der Waals surface area (Å²) >= 11 is 3.29. The molecule has 1 amide bonds. The largest absolute Gasteiger partial charge is 0.325 e. The van der Waals surface area contributed by atoms with Crippen molar-refractivity contribution in [3.8, 4) is 0 Å². The van der Waals surface area contributed by atoms with Crippen molar-refractivity contribution in [2.24, 2.45) is 0 Å². The number of rotatable bonds is 4. The number of hydrogen-bond acceptors (Lipinski definition) is 1. The summed E-state index contributed by atoms with van der Waals surface area (Å²) in [6, 6.07) is 10.5. The maximum absolute atomic E-state index is 13.7. The Balaban J connectivity index is 2.17. The Morgan fingerprint density at radius 2 is 2.00 bits per heavy atom. The number of hydrogen-bond donors (Lipinski definition) is 1. The quantitative estimate of drug-likeness (QED) is 0.855. The fourth-order valence-electron chi connectivity index (χ4n) is 2.24. The van der Waals surface area contributed by atoms with Gasteiger partial charge in [-0.05, 0) is 48.2 Å². The highest BCUT2D eigenvalue weighted by Crippen LogP contribution is 2.22. The first kappa shape index (κ1) is 15.7. The van der Waals surface area contributed by atoms with Gasteiger partial charge in [-0.2, -0.15) is 0 Å². The van der Waals surface area contributed by atoms with Crippen molar-refractivity contribution in [3.05, 3.63) is 63.4 Å². The van der Waals surface area contributed by atoms with Gasteiger partial charge in [0, 0.05) is 10.2 Å². The fraction of sp³-hybridized carbons (Fsp3) is 0.235. The van der Waals surface area contributed by atoms with Gasteiger partial charge in [-0.1, -0.05) is 41.1 Å². The Morgan fingerprint density at radius 3 is 2.71 bits per heavy atom. The highest BCUT2D eigenvalue weighted by molar-refractivity contribution is 9.10. The van der Waals surface area contributed by atoms with E-state index in [9.17, 15) is 9.18 Å². The molecule has 0 fully saturated rings. The van der Waals surface area contributed by atoms with E-state index in [1.54, 1.807) is 12.1 Å². The summed E-state index contributed by atoms with van der Waals surface area (Å²) in [6.45, 7) is 3.99. The molecule has 1 N–H and O–H groups in total. The van der Waals surface area contributed by atoms with Gasteiger partial charge in [0.15, 0.2) is 0 Å². The van der Waals surface area contributed by atoms with Gasteiger partial charge in [0.1, 0.15) is 5.82 Å². The highest BCUT2D eigenvalue weighted by Gasteiger charge is 2.12. The Kier molecular flexibility index (Phi) is 5.12. The van der Waals surface area contributed by atoms with Crippen LogP contribution in [0.5, 0.6) is 0 Å². The van der Waals surface area contributed by atoms with Crippen molar-refractivity contribution in [2.45, 2.75) is 26.7 Å². The number of amides is 1. The molecule has 0 atom stereocenters. The average Bonchev–Trinajstić information content (AvgIpc) is 2.45. The zero-order valence-corrected chi connectivity index (χ0v) is 13.6. The number of nitrogens with one attached hydrogen (secondary N) is 1. The van der Waals surface area contributed by atoms with E-state index in [0.29, 0.717) is 5.56 Å². The van der Waals surface area contributed by atoms with Crippen LogP contribution in [-0.4, -0.2) is 5.91 Å². The predicted octanol–water partition coefficient (Wildman–Crippen LogP) is 4.64. The van der Waals surface area contributed by atoms with Gasteiger partial charge in [-0.15, -0.1) is 0 Å². The number of benzene rings is 2. The Labute approximate surface area is 132 Å². The smallest absolute Gasteiger partial charge is 0.228 e.